The highest BCUT2D eigenvalue weighted by Crippen LogP contribution is 2.00. The summed E-state index contributed by atoms with van der Waals surface area (Å²) in [5.41, 5.74) is 0. The maximum Gasteiger partial charge on any atom is 0.386 e. The molecule has 0 aromatic rings. The summed E-state index contributed by atoms with van der Waals surface area (Å²) in [5, 5.41) is 1.01. The van der Waals surface area contributed by atoms with E-state index in [0.29, 0.717) is 13.1 Å². The second-order valence-corrected chi connectivity index (χ2v) is 2.74. The van der Waals surface area contributed by atoms with Gasteiger partial charge in [0.15, 0.2) is 0 Å². The predicted octanol–water partition coefficient (Wildman–Crippen LogP) is 2.10. The fourth-order valence-electron chi connectivity index (χ4n) is 0.990. The van der Waals surface area contributed by atoms with Crippen LogP contribution in [0.15, 0.2) is 38.0 Å². The molecular weight excluding hydrogens is 190 g/mol. The van der Waals surface area contributed by atoms with Gasteiger partial charge in [-0.15, -0.1) is 19.7 Å². The van der Waals surface area contributed by atoms with Crippen molar-refractivity contribution in [3.05, 3.63) is 49.5 Å². The SMILES string of the molecule is [C-]#[N+]N(CC=C)C(=O)N(CC=C)CC=C. The minimum atomic E-state index is -0.357. The highest BCUT2D eigenvalue weighted by atomic mass is 16.2. The Morgan fingerprint density at radius 1 is 1.13 bits per heavy atom. The quantitative estimate of drug-likeness (QED) is 0.371. The fourth-order valence-corrected chi connectivity index (χ4v) is 0.990. The Morgan fingerprint density at radius 3 is 1.93 bits per heavy atom. The molecule has 0 unspecified atom stereocenters. The summed E-state index contributed by atoms with van der Waals surface area (Å²) in [7, 11) is 0. The van der Waals surface area contributed by atoms with Crippen LogP contribution < -0.4 is 0 Å². The standard InChI is InChI=1S/C11H15N3O/c1-5-8-13(9-6-2)11(15)14(12-4)10-7-3/h5-7H,1-3,8-10H2. The topological polar surface area (TPSA) is 27.9 Å². The molecule has 80 valence electrons. The number of urea groups is 1. The fraction of sp³-hybridized carbons (Fsp3) is 0.273. The Balaban J connectivity index is 4.58. The first kappa shape index (κ1) is 13.0. The summed E-state index contributed by atoms with van der Waals surface area (Å²) in [6.45, 7) is 18.5. The first-order valence-corrected chi connectivity index (χ1v) is 4.47. The number of amides is 2. The Labute approximate surface area is 90.6 Å². The van der Waals surface area contributed by atoms with Crippen molar-refractivity contribution in [3.8, 4) is 0 Å². The minimum Gasteiger partial charge on any atom is -0.312 e. The van der Waals surface area contributed by atoms with Gasteiger partial charge >= 0.3 is 6.03 Å². The van der Waals surface area contributed by atoms with E-state index in [9.17, 15) is 4.79 Å². The average Bonchev–Trinajstić information content (AvgIpc) is 2.24. The maximum absolute atomic E-state index is 11.7. The van der Waals surface area contributed by atoms with Crippen molar-refractivity contribution in [2.45, 2.75) is 0 Å². The third-order valence-electron chi connectivity index (χ3n) is 1.61. The van der Waals surface area contributed by atoms with Crippen LogP contribution in [0.4, 0.5) is 4.79 Å². The molecule has 0 aromatic carbocycles. The lowest BCUT2D eigenvalue weighted by Crippen LogP contribution is -2.40. The number of carbonyl (C=O) groups is 1. The van der Waals surface area contributed by atoms with Crippen molar-refractivity contribution >= 4 is 6.03 Å². The third-order valence-corrected chi connectivity index (χ3v) is 1.61. The first-order valence-electron chi connectivity index (χ1n) is 4.47. The van der Waals surface area contributed by atoms with Gasteiger partial charge < -0.3 is 4.90 Å². The smallest absolute Gasteiger partial charge is 0.312 e. The summed E-state index contributed by atoms with van der Waals surface area (Å²) >= 11 is 0. The molecule has 15 heavy (non-hydrogen) atoms. The maximum atomic E-state index is 11.7. The van der Waals surface area contributed by atoms with E-state index in [1.165, 1.54) is 11.0 Å². The van der Waals surface area contributed by atoms with Gasteiger partial charge in [0.25, 0.3) is 0 Å². The van der Waals surface area contributed by atoms with E-state index in [1.807, 2.05) is 0 Å². The molecular formula is C11H15N3O. The van der Waals surface area contributed by atoms with E-state index in [2.05, 4.69) is 24.7 Å². The van der Waals surface area contributed by atoms with Crippen LogP contribution in [0.1, 0.15) is 0 Å². The van der Waals surface area contributed by atoms with E-state index in [1.54, 1.807) is 12.2 Å². The normalized spacial score (nSPS) is 8.47. The van der Waals surface area contributed by atoms with Crippen LogP contribution in [0.2, 0.25) is 0 Å². The van der Waals surface area contributed by atoms with E-state index in [0.717, 1.165) is 5.01 Å². The van der Waals surface area contributed by atoms with Crippen LogP contribution in [0.5, 0.6) is 0 Å². The predicted molar refractivity (Wildman–Crippen MR) is 60.9 cm³/mol. The molecule has 0 aliphatic rings. The van der Waals surface area contributed by atoms with Crippen molar-refractivity contribution in [3.63, 3.8) is 0 Å². The molecule has 0 rings (SSSR count). The molecule has 0 saturated carbocycles. The Morgan fingerprint density at radius 2 is 1.60 bits per heavy atom. The average molecular weight is 205 g/mol. The number of hydrogen-bond donors (Lipinski definition) is 0. The molecule has 4 nitrogen and oxygen atoms in total. The van der Waals surface area contributed by atoms with Gasteiger partial charge in [0.05, 0.1) is 0 Å². The molecule has 0 aliphatic carbocycles. The van der Waals surface area contributed by atoms with Crippen molar-refractivity contribution < 1.29 is 4.79 Å². The van der Waals surface area contributed by atoms with Gasteiger partial charge in [0, 0.05) is 13.1 Å². The van der Waals surface area contributed by atoms with Crippen LogP contribution in [-0.2, 0) is 0 Å². The Kier molecular flexibility index (Phi) is 6.39. The number of carbonyl (C=O) groups excluding carboxylic acids is 1. The van der Waals surface area contributed by atoms with E-state index in [4.69, 9.17) is 6.57 Å². The van der Waals surface area contributed by atoms with Crippen molar-refractivity contribution in [2.24, 2.45) is 0 Å². The molecule has 0 saturated heterocycles. The minimum absolute atomic E-state index is 0.215. The van der Waals surface area contributed by atoms with Gasteiger partial charge in [0.1, 0.15) is 6.54 Å². The zero-order valence-electron chi connectivity index (χ0n) is 8.72. The van der Waals surface area contributed by atoms with Gasteiger partial charge in [-0.05, 0) is 5.01 Å². The summed E-state index contributed by atoms with van der Waals surface area (Å²) in [4.78, 5) is 16.3. The van der Waals surface area contributed by atoms with Crippen molar-refractivity contribution in [1.29, 1.82) is 0 Å². The molecule has 0 spiro atoms. The summed E-state index contributed by atoms with van der Waals surface area (Å²) < 4.78 is 0. The molecule has 0 aliphatic heterocycles. The lowest BCUT2D eigenvalue weighted by molar-refractivity contribution is 0.182. The summed E-state index contributed by atoms with van der Waals surface area (Å²) in [5.74, 6) is 0. The Hall–Kier alpha value is -2.02. The van der Waals surface area contributed by atoms with Gasteiger partial charge in [-0.25, -0.2) is 4.79 Å². The molecule has 4 heteroatoms. The highest BCUT2D eigenvalue weighted by Gasteiger charge is 2.21. The van der Waals surface area contributed by atoms with Crippen LogP contribution in [0, 0.1) is 6.57 Å². The molecule has 2 amide bonds. The van der Waals surface area contributed by atoms with Gasteiger partial charge in [-0.1, -0.05) is 18.2 Å². The summed E-state index contributed by atoms with van der Waals surface area (Å²) in [6.07, 6.45) is 4.73. The van der Waals surface area contributed by atoms with Gasteiger partial charge in [-0.3, -0.25) is 0 Å². The molecule has 0 heterocycles. The van der Waals surface area contributed by atoms with E-state index in [-0.39, 0.29) is 12.6 Å². The first-order chi connectivity index (χ1) is 7.21. The van der Waals surface area contributed by atoms with Gasteiger partial charge in [-0.2, -0.15) is 11.5 Å². The van der Waals surface area contributed by atoms with Gasteiger partial charge in [0.2, 0.25) is 0 Å². The highest BCUT2D eigenvalue weighted by molar-refractivity contribution is 5.75. The summed E-state index contributed by atoms with van der Waals surface area (Å²) in [6, 6.07) is -0.357. The molecule has 0 bridgehead atoms. The van der Waals surface area contributed by atoms with Crippen LogP contribution in [0.3, 0.4) is 0 Å². The number of rotatable bonds is 6. The van der Waals surface area contributed by atoms with Crippen molar-refractivity contribution in [1.82, 2.24) is 9.91 Å². The molecule has 0 fully saturated rings. The monoisotopic (exact) mass is 205 g/mol. The second-order valence-electron chi connectivity index (χ2n) is 2.74. The number of nitrogens with zero attached hydrogens (tertiary/aromatic N) is 3. The molecule has 0 aromatic heterocycles. The molecule has 0 radical (unpaired) electrons. The van der Waals surface area contributed by atoms with E-state index >= 15 is 0 Å². The largest absolute Gasteiger partial charge is 0.386 e. The second kappa shape index (κ2) is 7.39. The third kappa shape index (κ3) is 4.14. The van der Waals surface area contributed by atoms with Crippen molar-refractivity contribution in [2.75, 3.05) is 19.6 Å². The van der Waals surface area contributed by atoms with Crippen LogP contribution in [-0.4, -0.2) is 35.6 Å². The van der Waals surface area contributed by atoms with Crippen LogP contribution in [0.25, 0.3) is 4.95 Å². The van der Waals surface area contributed by atoms with E-state index < -0.39 is 0 Å². The number of hydrogen-bond acceptors (Lipinski definition) is 1. The molecule has 0 N–H and O–H groups in total. The molecule has 0 atom stereocenters. The lowest BCUT2D eigenvalue weighted by Gasteiger charge is -2.19. The van der Waals surface area contributed by atoms with Crippen LogP contribution >= 0.6 is 0 Å². The zero-order valence-corrected chi connectivity index (χ0v) is 8.72. The zero-order chi connectivity index (χ0) is 11.7. The Bertz CT molecular complexity index is 281. The lowest BCUT2D eigenvalue weighted by atomic mass is 10.4.